The number of aryl methyl sites for hydroxylation is 1. The van der Waals surface area contributed by atoms with E-state index < -0.39 is 5.97 Å². The summed E-state index contributed by atoms with van der Waals surface area (Å²) in [6.07, 6.45) is 1.31. The molecule has 1 aromatic carbocycles. The van der Waals surface area contributed by atoms with Gasteiger partial charge in [-0.15, -0.1) is 0 Å². The van der Waals surface area contributed by atoms with Crippen molar-refractivity contribution < 1.29 is 23.5 Å². The van der Waals surface area contributed by atoms with Crippen LogP contribution in [-0.2, 0) is 9.47 Å². The van der Waals surface area contributed by atoms with Gasteiger partial charge in [-0.1, -0.05) is 19.9 Å². The minimum Gasteiger partial charge on any atom is -0.459 e. The van der Waals surface area contributed by atoms with Crippen LogP contribution in [0.5, 0.6) is 0 Å². The molecule has 1 aromatic heterocycles. The van der Waals surface area contributed by atoms with Crippen LogP contribution in [0.3, 0.4) is 0 Å². The van der Waals surface area contributed by atoms with E-state index in [4.69, 9.17) is 13.9 Å². The second-order valence-electron chi connectivity index (χ2n) is 7.71. The van der Waals surface area contributed by atoms with Crippen molar-refractivity contribution in [3.05, 3.63) is 53.5 Å². The van der Waals surface area contributed by atoms with Crippen molar-refractivity contribution >= 4 is 17.6 Å². The largest absolute Gasteiger partial charge is 0.459 e. The fourth-order valence-corrected chi connectivity index (χ4v) is 3.29. The number of ether oxygens (including phenoxy) is 2. The zero-order valence-corrected chi connectivity index (χ0v) is 17.1. The number of amides is 1. The summed E-state index contributed by atoms with van der Waals surface area (Å²) in [6, 6.07) is 8.30. The van der Waals surface area contributed by atoms with E-state index in [9.17, 15) is 9.59 Å². The van der Waals surface area contributed by atoms with Crippen molar-refractivity contribution in [1.29, 1.82) is 0 Å². The molecule has 1 amide bonds. The minimum atomic E-state index is -0.442. The first kappa shape index (κ1) is 21.1. The van der Waals surface area contributed by atoms with Gasteiger partial charge in [0.25, 0.3) is 5.91 Å². The first-order valence-corrected chi connectivity index (χ1v) is 9.89. The zero-order chi connectivity index (χ0) is 20.8. The highest BCUT2D eigenvalue weighted by Crippen LogP contribution is 2.19. The molecule has 7 nitrogen and oxygen atoms in total. The smallest absolute Gasteiger partial charge is 0.338 e. The van der Waals surface area contributed by atoms with Gasteiger partial charge < -0.3 is 19.2 Å². The molecule has 2 aromatic rings. The topological polar surface area (TPSA) is 81.0 Å². The van der Waals surface area contributed by atoms with Gasteiger partial charge in [0.2, 0.25) is 0 Å². The maximum absolute atomic E-state index is 12.5. The van der Waals surface area contributed by atoms with E-state index in [-0.39, 0.29) is 24.4 Å². The number of carbonyl (C=O) groups excluding carboxylic acids is 2. The molecule has 3 rings (SSSR count). The third-order valence-electron chi connectivity index (χ3n) is 4.71. The highest BCUT2D eigenvalue weighted by Gasteiger charge is 2.23. The molecular formula is C22H28N2O5. The molecule has 0 spiro atoms. The summed E-state index contributed by atoms with van der Waals surface area (Å²) < 4.78 is 16.3. The highest BCUT2D eigenvalue weighted by atomic mass is 16.6. The summed E-state index contributed by atoms with van der Waals surface area (Å²) in [4.78, 5) is 27.0. The first-order valence-electron chi connectivity index (χ1n) is 9.89. The van der Waals surface area contributed by atoms with Crippen LogP contribution in [0.1, 0.15) is 40.3 Å². The van der Waals surface area contributed by atoms with E-state index in [0.29, 0.717) is 23.8 Å². The van der Waals surface area contributed by atoms with Crippen LogP contribution < -0.4 is 5.32 Å². The van der Waals surface area contributed by atoms with E-state index in [0.717, 1.165) is 25.2 Å². The molecule has 29 heavy (non-hydrogen) atoms. The quantitative estimate of drug-likeness (QED) is 0.718. The third kappa shape index (κ3) is 5.92. The number of anilines is 1. The lowest BCUT2D eigenvalue weighted by Crippen LogP contribution is -2.45. The van der Waals surface area contributed by atoms with Crippen molar-refractivity contribution in [2.45, 2.75) is 26.9 Å². The Kier molecular flexibility index (Phi) is 7.06. The van der Waals surface area contributed by atoms with Crippen LogP contribution in [0.2, 0.25) is 0 Å². The van der Waals surface area contributed by atoms with Crippen LogP contribution in [0.25, 0.3) is 0 Å². The molecule has 7 heteroatoms. The lowest BCUT2D eigenvalue weighted by molar-refractivity contribution is -0.0612. The summed E-state index contributed by atoms with van der Waals surface area (Å²) >= 11 is 0. The zero-order valence-electron chi connectivity index (χ0n) is 17.1. The molecule has 1 saturated heterocycles. The molecular weight excluding hydrogens is 372 g/mol. The molecule has 0 aliphatic carbocycles. The summed E-state index contributed by atoms with van der Waals surface area (Å²) in [7, 11) is 0. The predicted octanol–water partition coefficient (Wildman–Crippen LogP) is 3.35. The van der Waals surface area contributed by atoms with Crippen molar-refractivity contribution in [2.24, 2.45) is 5.92 Å². The van der Waals surface area contributed by atoms with Gasteiger partial charge >= 0.3 is 5.97 Å². The summed E-state index contributed by atoms with van der Waals surface area (Å²) in [5.74, 6) is -0.0241. The van der Waals surface area contributed by atoms with Crippen molar-refractivity contribution in [3.63, 3.8) is 0 Å². The highest BCUT2D eigenvalue weighted by molar-refractivity contribution is 6.03. The van der Waals surface area contributed by atoms with Gasteiger partial charge in [0.15, 0.2) is 5.76 Å². The van der Waals surface area contributed by atoms with E-state index in [1.807, 2.05) is 6.92 Å². The average molecular weight is 400 g/mol. The number of hydrogen-bond donors (Lipinski definition) is 1. The maximum atomic E-state index is 12.5. The normalized spacial score (nSPS) is 17.3. The van der Waals surface area contributed by atoms with Crippen LogP contribution in [0.4, 0.5) is 5.69 Å². The molecule has 1 aliphatic heterocycles. The Morgan fingerprint density at radius 1 is 1.31 bits per heavy atom. The van der Waals surface area contributed by atoms with Gasteiger partial charge in [-0.2, -0.15) is 0 Å². The van der Waals surface area contributed by atoms with E-state index in [2.05, 4.69) is 24.1 Å². The number of morpholine rings is 1. The number of nitrogens with zero attached hydrogens (tertiary/aromatic N) is 1. The number of nitrogens with one attached hydrogen (secondary N) is 1. The minimum absolute atomic E-state index is 0.130. The van der Waals surface area contributed by atoms with Crippen molar-refractivity contribution in [1.82, 2.24) is 4.90 Å². The number of hydrogen-bond acceptors (Lipinski definition) is 6. The third-order valence-corrected chi connectivity index (χ3v) is 4.71. The number of carbonyl (C=O) groups is 2. The second-order valence-corrected chi connectivity index (χ2v) is 7.71. The summed E-state index contributed by atoms with van der Waals surface area (Å²) in [5, 5.41) is 2.77. The van der Waals surface area contributed by atoms with E-state index >= 15 is 0 Å². The summed E-state index contributed by atoms with van der Waals surface area (Å²) in [6.45, 7) is 9.73. The molecule has 1 unspecified atom stereocenters. The molecule has 2 heterocycles. The molecule has 0 radical (unpaired) electrons. The SMILES string of the molecule is Cc1ccc(C(=O)OCC2CN(CC(C)C)CCO2)cc1NC(=O)c1ccco1. The van der Waals surface area contributed by atoms with Gasteiger partial charge in [0.1, 0.15) is 12.7 Å². The molecule has 1 fully saturated rings. The molecule has 0 bridgehead atoms. The maximum Gasteiger partial charge on any atom is 0.338 e. The Morgan fingerprint density at radius 2 is 2.14 bits per heavy atom. The summed E-state index contributed by atoms with van der Waals surface area (Å²) in [5.41, 5.74) is 1.75. The van der Waals surface area contributed by atoms with Crippen LogP contribution in [-0.4, -0.2) is 55.7 Å². The van der Waals surface area contributed by atoms with Gasteiger partial charge in [-0.05, 0) is 42.7 Å². The Labute approximate surface area is 171 Å². The van der Waals surface area contributed by atoms with Crippen molar-refractivity contribution in [2.75, 3.05) is 38.2 Å². The van der Waals surface area contributed by atoms with Gasteiger partial charge in [0.05, 0.1) is 18.4 Å². The Balaban J connectivity index is 1.57. The lowest BCUT2D eigenvalue weighted by atomic mass is 10.1. The molecule has 1 N–H and O–H groups in total. The predicted molar refractivity (Wildman–Crippen MR) is 109 cm³/mol. The fraction of sp³-hybridized carbons (Fsp3) is 0.455. The Morgan fingerprint density at radius 3 is 2.86 bits per heavy atom. The standard InChI is InChI=1S/C22H28N2O5/c1-15(2)12-24-8-10-27-18(13-24)14-29-22(26)17-7-6-16(3)19(11-17)23-21(25)20-5-4-9-28-20/h4-7,9,11,15,18H,8,10,12-14H2,1-3H3,(H,23,25). The van der Waals surface area contributed by atoms with Crippen LogP contribution >= 0.6 is 0 Å². The van der Waals surface area contributed by atoms with E-state index in [1.165, 1.54) is 6.26 Å². The first-order chi connectivity index (χ1) is 13.9. The molecule has 156 valence electrons. The Bertz CT molecular complexity index is 832. The lowest BCUT2D eigenvalue weighted by Gasteiger charge is -2.33. The number of esters is 1. The average Bonchev–Trinajstić information content (AvgIpc) is 3.22. The fourth-order valence-electron chi connectivity index (χ4n) is 3.29. The van der Waals surface area contributed by atoms with Gasteiger partial charge in [-0.3, -0.25) is 9.69 Å². The second kappa shape index (κ2) is 9.71. The Hall–Kier alpha value is -2.64. The number of furan rings is 1. The molecule has 0 saturated carbocycles. The van der Waals surface area contributed by atoms with Crippen LogP contribution in [0.15, 0.2) is 41.0 Å². The molecule has 1 atom stereocenters. The van der Waals surface area contributed by atoms with Crippen molar-refractivity contribution in [3.8, 4) is 0 Å². The van der Waals surface area contributed by atoms with E-state index in [1.54, 1.807) is 30.3 Å². The molecule has 1 aliphatic rings. The van der Waals surface area contributed by atoms with Gasteiger partial charge in [-0.25, -0.2) is 4.79 Å². The van der Waals surface area contributed by atoms with Crippen LogP contribution in [0, 0.1) is 12.8 Å². The number of benzene rings is 1. The number of rotatable bonds is 7. The van der Waals surface area contributed by atoms with Gasteiger partial charge in [0, 0.05) is 25.3 Å². The monoisotopic (exact) mass is 400 g/mol.